The maximum absolute atomic E-state index is 13.0. The van der Waals surface area contributed by atoms with Gasteiger partial charge in [-0.25, -0.2) is 9.97 Å². The molecule has 0 aliphatic heterocycles. The molecule has 0 bridgehead atoms. The first-order chi connectivity index (χ1) is 13.5. The van der Waals surface area contributed by atoms with Crippen LogP contribution in [0.15, 0.2) is 35.4 Å². The highest BCUT2D eigenvalue weighted by atomic mass is 16.1. The lowest BCUT2D eigenvalue weighted by Crippen LogP contribution is -2.29. The van der Waals surface area contributed by atoms with Crippen LogP contribution >= 0.6 is 0 Å². The Hall–Kier alpha value is -3.34. The molecule has 4 N–H and O–H groups in total. The van der Waals surface area contributed by atoms with Crippen molar-refractivity contribution in [3.8, 4) is 6.07 Å². The van der Waals surface area contributed by atoms with Crippen LogP contribution in [0, 0.1) is 17.2 Å². The Bertz CT molecular complexity index is 973. The number of hydrogen-bond donors (Lipinski definition) is 3. The van der Waals surface area contributed by atoms with E-state index in [-0.39, 0.29) is 17.5 Å². The van der Waals surface area contributed by atoms with Crippen molar-refractivity contribution in [2.75, 3.05) is 17.7 Å². The summed E-state index contributed by atoms with van der Waals surface area (Å²) in [5.41, 5.74) is 6.63. The first kappa shape index (κ1) is 19.4. The molecule has 2 atom stereocenters. The fourth-order valence-electron chi connectivity index (χ4n) is 3.45. The van der Waals surface area contributed by atoms with Crippen molar-refractivity contribution in [3.63, 3.8) is 0 Å². The number of nitriles is 1. The van der Waals surface area contributed by atoms with E-state index in [1.54, 1.807) is 29.9 Å². The van der Waals surface area contributed by atoms with Gasteiger partial charge in [0.2, 0.25) is 0 Å². The quantitative estimate of drug-likeness (QED) is 0.730. The van der Waals surface area contributed by atoms with E-state index in [4.69, 9.17) is 5.73 Å². The van der Waals surface area contributed by atoms with E-state index >= 15 is 0 Å². The first-order valence-corrected chi connectivity index (χ1v) is 9.39. The number of nitrogens with zero attached hydrogens (tertiary/aromatic N) is 4. The Kier molecular flexibility index (Phi) is 5.94. The monoisotopic (exact) mass is 379 g/mol. The van der Waals surface area contributed by atoms with Crippen molar-refractivity contribution in [1.82, 2.24) is 14.5 Å². The molecular formula is C20H25N7O. The summed E-state index contributed by atoms with van der Waals surface area (Å²) in [5, 5.41) is 15.3. The van der Waals surface area contributed by atoms with Gasteiger partial charge in [0.05, 0.1) is 6.07 Å². The Balaban J connectivity index is 1.92. The average molecular weight is 379 g/mol. The van der Waals surface area contributed by atoms with E-state index in [2.05, 4.69) is 26.7 Å². The molecule has 146 valence electrons. The number of nitrogens with one attached hydrogen (secondary N) is 2. The molecule has 1 saturated carbocycles. The third-order valence-electron chi connectivity index (χ3n) is 5.04. The minimum Gasteiger partial charge on any atom is -0.404 e. The molecule has 1 aliphatic carbocycles. The lowest BCUT2D eigenvalue weighted by Gasteiger charge is -2.27. The molecule has 0 aromatic carbocycles. The summed E-state index contributed by atoms with van der Waals surface area (Å²) in [6.07, 6.45) is 6.72. The van der Waals surface area contributed by atoms with Crippen LogP contribution in [0.4, 0.5) is 17.3 Å². The minimum atomic E-state index is -0.122. The standard InChI is InChI=1S/C20H25N7O/c1-13(11-21)19-25-17(23-2)10-18(26-19)24-16-7-4-8-27(20(16)28)15-6-3-5-14(9-15)12-22/h4,7-8,10-11,14-15H,3,5-6,9,21H2,1-2H3,(H2,23,24,25,26). The molecule has 0 radical (unpaired) electrons. The summed E-state index contributed by atoms with van der Waals surface area (Å²) in [6, 6.07) is 7.69. The van der Waals surface area contributed by atoms with Crippen molar-refractivity contribution in [2.24, 2.45) is 11.7 Å². The lowest BCUT2D eigenvalue weighted by atomic mass is 9.86. The Labute approximate surface area is 164 Å². The Morgan fingerprint density at radius 1 is 1.39 bits per heavy atom. The molecule has 1 aliphatic rings. The SMILES string of the molecule is CNc1cc(Nc2cccn(C3CCCC(C#N)C3)c2=O)nc(C(C)=CN)n1. The fraction of sp³-hybridized carbons (Fsp3) is 0.400. The van der Waals surface area contributed by atoms with Crippen LogP contribution in [-0.2, 0) is 0 Å². The number of anilines is 3. The smallest absolute Gasteiger partial charge is 0.274 e. The van der Waals surface area contributed by atoms with Crippen molar-refractivity contribution in [2.45, 2.75) is 38.6 Å². The van der Waals surface area contributed by atoms with Gasteiger partial charge in [0.1, 0.15) is 17.3 Å². The summed E-state index contributed by atoms with van der Waals surface area (Å²) >= 11 is 0. The predicted octanol–water partition coefficient (Wildman–Crippen LogP) is 3.00. The van der Waals surface area contributed by atoms with Gasteiger partial charge in [-0.1, -0.05) is 6.42 Å². The molecule has 2 unspecified atom stereocenters. The van der Waals surface area contributed by atoms with Crippen LogP contribution in [0.25, 0.3) is 5.57 Å². The molecule has 2 aromatic rings. The summed E-state index contributed by atoms with van der Waals surface area (Å²) in [6.45, 7) is 1.82. The molecule has 1 fully saturated rings. The molecule has 2 heterocycles. The van der Waals surface area contributed by atoms with Crippen molar-refractivity contribution < 1.29 is 0 Å². The maximum Gasteiger partial charge on any atom is 0.274 e. The number of rotatable bonds is 5. The van der Waals surface area contributed by atoms with E-state index in [0.717, 1.165) is 24.8 Å². The van der Waals surface area contributed by atoms with Gasteiger partial charge >= 0.3 is 0 Å². The summed E-state index contributed by atoms with van der Waals surface area (Å²) < 4.78 is 1.73. The molecule has 8 heteroatoms. The largest absolute Gasteiger partial charge is 0.404 e. The van der Waals surface area contributed by atoms with E-state index < -0.39 is 0 Å². The number of allylic oxidation sites excluding steroid dienone is 1. The predicted molar refractivity (Wildman–Crippen MR) is 110 cm³/mol. The van der Waals surface area contributed by atoms with Gasteiger partial charge in [0, 0.05) is 43.0 Å². The molecule has 8 nitrogen and oxygen atoms in total. The second-order valence-corrected chi connectivity index (χ2v) is 6.97. The topological polar surface area (TPSA) is 122 Å². The van der Waals surface area contributed by atoms with Crippen LogP contribution < -0.4 is 21.9 Å². The lowest BCUT2D eigenvalue weighted by molar-refractivity contribution is 0.303. The van der Waals surface area contributed by atoms with E-state index in [1.807, 2.05) is 13.0 Å². The molecule has 0 amide bonds. The number of nitrogens with two attached hydrogens (primary N) is 1. The number of aromatic nitrogens is 3. The second kappa shape index (κ2) is 8.57. The molecular weight excluding hydrogens is 354 g/mol. The normalized spacial score (nSPS) is 19.7. The minimum absolute atomic E-state index is 0.0101. The first-order valence-electron chi connectivity index (χ1n) is 9.39. The average Bonchev–Trinajstić information content (AvgIpc) is 2.74. The van der Waals surface area contributed by atoms with Gasteiger partial charge in [0.15, 0.2) is 5.82 Å². The van der Waals surface area contributed by atoms with Crippen molar-refractivity contribution in [1.29, 1.82) is 5.26 Å². The Morgan fingerprint density at radius 2 is 2.18 bits per heavy atom. The summed E-state index contributed by atoms with van der Waals surface area (Å²) in [5.74, 6) is 1.62. The van der Waals surface area contributed by atoms with Gasteiger partial charge < -0.3 is 20.9 Å². The van der Waals surface area contributed by atoms with E-state index in [0.29, 0.717) is 29.6 Å². The highest BCUT2D eigenvalue weighted by Gasteiger charge is 2.24. The van der Waals surface area contributed by atoms with Crippen LogP contribution in [0.2, 0.25) is 0 Å². The van der Waals surface area contributed by atoms with Gasteiger partial charge in [-0.05, 0) is 38.3 Å². The molecule has 3 rings (SSSR count). The zero-order valence-corrected chi connectivity index (χ0v) is 16.1. The summed E-state index contributed by atoms with van der Waals surface area (Å²) in [7, 11) is 1.77. The van der Waals surface area contributed by atoms with E-state index in [1.165, 1.54) is 6.20 Å². The number of pyridine rings is 1. The van der Waals surface area contributed by atoms with Crippen molar-refractivity contribution in [3.05, 3.63) is 46.8 Å². The summed E-state index contributed by atoms with van der Waals surface area (Å²) in [4.78, 5) is 21.8. The van der Waals surface area contributed by atoms with Crippen LogP contribution in [0.3, 0.4) is 0 Å². The van der Waals surface area contributed by atoms with E-state index in [9.17, 15) is 10.1 Å². The van der Waals surface area contributed by atoms with Crippen LogP contribution in [-0.4, -0.2) is 21.6 Å². The maximum atomic E-state index is 13.0. The molecule has 2 aromatic heterocycles. The van der Waals surface area contributed by atoms with Crippen molar-refractivity contribution >= 4 is 22.9 Å². The Morgan fingerprint density at radius 3 is 2.89 bits per heavy atom. The fourth-order valence-corrected chi connectivity index (χ4v) is 3.45. The highest BCUT2D eigenvalue weighted by molar-refractivity contribution is 5.64. The number of hydrogen-bond acceptors (Lipinski definition) is 7. The zero-order chi connectivity index (χ0) is 20.1. The molecule has 0 saturated heterocycles. The second-order valence-electron chi connectivity index (χ2n) is 6.97. The van der Waals surface area contributed by atoms with Gasteiger partial charge in [0.25, 0.3) is 5.56 Å². The molecule has 0 spiro atoms. The van der Waals surface area contributed by atoms with Crippen LogP contribution in [0.1, 0.15) is 44.5 Å². The third-order valence-corrected chi connectivity index (χ3v) is 5.04. The zero-order valence-electron chi connectivity index (χ0n) is 16.1. The van der Waals surface area contributed by atoms with Crippen LogP contribution in [0.5, 0.6) is 0 Å². The van der Waals surface area contributed by atoms with Gasteiger partial charge in [-0.2, -0.15) is 5.26 Å². The highest BCUT2D eigenvalue weighted by Crippen LogP contribution is 2.31. The van der Waals surface area contributed by atoms with Gasteiger partial charge in [-0.15, -0.1) is 0 Å². The van der Waals surface area contributed by atoms with Gasteiger partial charge in [-0.3, -0.25) is 4.79 Å². The molecule has 28 heavy (non-hydrogen) atoms. The third kappa shape index (κ3) is 4.14.